The Morgan fingerprint density at radius 3 is 2.81 bits per heavy atom. The number of aromatic nitrogens is 3. The molecule has 0 aliphatic carbocycles. The second-order valence-electron chi connectivity index (χ2n) is 8.72. The third-order valence-electron chi connectivity index (χ3n) is 6.51. The average Bonchev–Trinajstić information content (AvgIpc) is 3.64. The van der Waals surface area contributed by atoms with Crippen molar-refractivity contribution < 1.29 is 28.5 Å². The molecule has 0 radical (unpaired) electrons. The van der Waals surface area contributed by atoms with Crippen LogP contribution in [0.1, 0.15) is 39.0 Å². The summed E-state index contributed by atoms with van der Waals surface area (Å²) in [6.07, 6.45) is 3.30. The molecule has 1 saturated heterocycles. The molecule has 4 aromatic rings. The van der Waals surface area contributed by atoms with Crippen LogP contribution in [-0.4, -0.2) is 45.3 Å². The highest BCUT2D eigenvalue weighted by atomic mass is 19.1. The fourth-order valence-corrected chi connectivity index (χ4v) is 4.76. The van der Waals surface area contributed by atoms with Gasteiger partial charge in [0.15, 0.2) is 12.0 Å². The second-order valence-corrected chi connectivity index (χ2v) is 8.72. The van der Waals surface area contributed by atoms with E-state index in [1.165, 1.54) is 12.3 Å². The van der Waals surface area contributed by atoms with Crippen LogP contribution in [0.3, 0.4) is 0 Å². The summed E-state index contributed by atoms with van der Waals surface area (Å²) in [7, 11) is 0. The monoisotopic (exact) mass is 490 g/mol. The number of carbonyl (C=O) groups is 1. The summed E-state index contributed by atoms with van der Waals surface area (Å²) in [5.41, 5.74) is 5.03. The Bertz CT molecular complexity index is 1500. The van der Waals surface area contributed by atoms with Gasteiger partial charge in [0.25, 0.3) is 0 Å². The van der Waals surface area contributed by atoms with Crippen molar-refractivity contribution in [3.8, 4) is 16.9 Å². The highest BCUT2D eigenvalue weighted by Gasteiger charge is 2.23. The molecule has 1 fully saturated rings. The van der Waals surface area contributed by atoms with Crippen molar-refractivity contribution in [3.05, 3.63) is 76.5 Å². The van der Waals surface area contributed by atoms with Crippen molar-refractivity contribution in [2.45, 2.75) is 26.2 Å². The van der Waals surface area contributed by atoms with Crippen LogP contribution in [0, 0.1) is 12.7 Å². The van der Waals surface area contributed by atoms with Gasteiger partial charge in [-0.2, -0.15) is 0 Å². The van der Waals surface area contributed by atoms with E-state index in [-0.39, 0.29) is 18.1 Å². The number of imidazole rings is 1. The Morgan fingerprint density at radius 2 is 2.03 bits per heavy atom. The molecule has 9 nitrogen and oxygen atoms in total. The third-order valence-corrected chi connectivity index (χ3v) is 6.51. The van der Waals surface area contributed by atoms with Gasteiger partial charge in [-0.25, -0.2) is 19.2 Å². The minimum atomic E-state index is -1.15. The summed E-state index contributed by atoms with van der Waals surface area (Å²) in [4.78, 5) is 20.6. The fraction of sp³-hybridized carbons (Fsp3) is 0.269. The lowest BCUT2D eigenvalue weighted by atomic mass is 10.00. The number of aryl methyl sites for hydroxylation is 1. The molecule has 0 amide bonds. The number of rotatable bonds is 6. The summed E-state index contributed by atoms with van der Waals surface area (Å²) in [6.45, 7) is 3.75. The van der Waals surface area contributed by atoms with Crippen molar-refractivity contribution in [2.75, 3.05) is 25.1 Å². The first-order valence-corrected chi connectivity index (χ1v) is 11.6. The van der Waals surface area contributed by atoms with E-state index in [9.17, 15) is 14.3 Å². The molecule has 0 unspecified atom stereocenters. The summed E-state index contributed by atoms with van der Waals surface area (Å²) >= 11 is 0. The molecule has 2 aliphatic rings. The highest BCUT2D eigenvalue weighted by molar-refractivity contribution is 5.89. The number of halogens is 1. The van der Waals surface area contributed by atoms with Gasteiger partial charge in [0.05, 0.1) is 19.8 Å². The van der Waals surface area contributed by atoms with E-state index in [0.29, 0.717) is 54.7 Å². The Morgan fingerprint density at radius 1 is 1.19 bits per heavy atom. The smallest absolute Gasteiger partial charge is 0.356 e. The predicted molar refractivity (Wildman–Crippen MR) is 128 cm³/mol. The third kappa shape index (κ3) is 3.84. The van der Waals surface area contributed by atoms with Crippen LogP contribution in [0.2, 0.25) is 0 Å². The number of benzene rings is 2. The first kappa shape index (κ1) is 22.4. The molecular formula is C26H23FN4O5. The Hall–Kier alpha value is -4.02. The highest BCUT2D eigenvalue weighted by Crippen LogP contribution is 2.33. The molecule has 6 rings (SSSR count). The van der Waals surface area contributed by atoms with E-state index in [1.807, 2.05) is 25.1 Å². The maximum absolute atomic E-state index is 14.6. The number of nitrogens with zero attached hydrogens (tertiary/aromatic N) is 3. The molecular weight excluding hydrogens is 467 g/mol. The van der Waals surface area contributed by atoms with Crippen LogP contribution in [0.25, 0.3) is 16.8 Å². The first-order chi connectivity index (χ1) is 17.5. The molecule has 2 aromatic carbocycles. The zero-order chi connectivity index (χ0) is 24.8. The van der Waals surface area contributed by atoms with Gasteiger partial charge in [-0.05, 0) is 30.2 Å². The maximum Gasteiger partial charge on any atom is 0.356 e. The molecule has 10 heteroatoms. The lowest BCUT2D eigenvalue weighted by Gasteiger charge is -2.15. The quantitative estimate of drug-likeness (QED) is 0.416. The number of carboxylic acid groups (broad SMARTS) is 1. The van der Waals surface area contributed by atoms with Crippen molar-refractivity contribution in [2.24, 2.45) is 0 Å². The van der Waals surface area contributed by atoms with Crippen LogP contribution >= 0.6 is 0 Å². The van der Waals surface area contributed by atoms with Gasteiger partial charge in [0, 0.05) is 47.6 Å². The molecule has 2 N–H and O–H groups in total. The van der Waals surface area contributed by atoms with Crippen LogP contribution in [-0.2, 0) is 22.4 Å². The maximum atomic E-state index is 14.6. The van der Waals surface area contributed by atoms with Gasteiger partial charge in [-0.3, -0.25) is 4.40 Å². The van der Waals surface area contributed by atoms with E-state index in [4.69, 9.17) is 14.2 Å². The standard InChI is InChI=1S/C26H23FN4O5/c1-14-10-15(25-35-8-9-36-25)2-3-16(14)19-12-29-26(31-13-21(24(32)33)30-23(19)31)28-11-18-17-6-7-34-22(17)5-4-20(18)27/h2-5,10,12-13,25H,6-9,11H2,1H3,(H,28,29)(H,32,33). The molecule has 0 bridgehead atoms. The van der Waals surface area contributed by atoms with E-state index in [2.05, 4.69) is 15.3 Å². The summed E-state index contributed by atoms with van der Waals surface area (Å²) in [5, 5.41) is 12.7. The number of hydrogen-bond donors (Lipinski definition) is 2. The molecule has 2 aliphatic heterocycles. The van der Waals surface area contributed by atoms with Crippen LogP contribution in [0.4, 0.5) is 10.3 Å². The molecule has 2 aromatic heterocycles. The van der Waals surface area contributed by atoms with Crippen LogP contribution in [0.5, 0.6) is 5.75 Å². The van der Waals surface area contributed by atoms with Gasteiger partial charge in [0.1, 0.15) is 17.2 Å². The number of hydrogen-bond acceptors (Lipinski definition) is 7. The van der Waals surface area contributed by atoms with E-state index in [1.54, 1.807) is 16.7 Å². The predicted octanol–water partition coefficient (Wildman–Crippen LogP) is 4.13. The minimum absolute atomic E-state index is 0.116. The van der Waals surface area contributed by atoms with Crippen molar-refractivity contribution in [3.63, 3.8) is 0 Å². The normalized spacial score (nSPS) is 15.3. The van der Waals surface area contributed by atoms with Crippen molar-refractivity contribution in [1.82, 2.24) is 14.4 Å². The fourth-order valence-electron chi connectivity index (χ4n) is 4.76. The Kier molecular flexibility index (Phi) is 5.54. The summed E-state index contributed by atoms with van der Waals surface area (Å²) in [6, 6.07) is 8.86. The lowest BCUT2D eigenvalue weighted by Crippen LogP contribution is -2.10. The second kappa shape index (κ2) is 8.89. The largest absolute Gasteiger partial charge is 0.493 e. The first-order valence-electron chi connectivity index (χ1n) is 11.6. The molecule has 36 heavy (non-hydrogen) atoms. The Labute approximate surface area is 205 Å². The van der Waals surface area contributed by atoms with Crippen molar-refractivity contribution >= 4 is 17.6 Å². The minimum Gasteiger partial charge on any atom is -0.493 e. The zero-order valence-corrected chi connectivity index (χ0v) is 19.5. The summed E-state index contributed by atoms with van der Waals surface area (Å²) in [5.74, 6) is -0.443. The number of aromatic carboxylic acids is 1. The van der Waals surface area contributed by atoms with Gasteiger partial charge in [-0.15, -0.1) is 0 Å². The van der Waals surface area contributed by atoms with Crippen molar-refractivity contribution in [1.29, 1.82) is 0 Å². The molecule has 0 spiro atoms. The molecule has 0 atom stereocenters. The number of anilines is 1. The van der Waals surface area contributed by atoms with Gasteiger partial charge in [-0.1, -0.05) is 18.2 Å². The topological polar surface area (TPSA) is 107 Å². The number of carboxylic acids is 1. The Balaban J connectivity index is 1.38. The number of nitrogens with one attached hydrogen (secondary N) is 1. The average molecular weight is 490 g/mol. The molecule has 0 saturated carbocycles. The summed E-state index contributed by atoms with van der Waals surface area (Å²) < 4.78 is 33.0. The van der Waals surface area contributed by atoms with Crippen LogP contribution in [0.15, 0.2) is 42.7 Å². The van der Waals surface area contributed by atoms with E-state index in [0.717, 1.165) is 22.3 Å². The molecule has 4 heterocycles. The van der Waals surface area contributed by atoms with Crippen LogP contribution < -0.4 is 10.1 Å². The number of ether oxygens (including phenoxy) is 3. The van der Waals surface area contributed by atoms with Gasteiger partial charge >= 0.3 is 5.97 Å². The van der Waals surface area contributed by atoms with Gasteiger partial charge < -0.3 is 24.6 Å². The zero-order valence-electron chi connectivity index (χ0n) is 19.5. The number of fused-ring (bicyclic) bond motifs is 2. The van der Waals surface area contributed by atoms with Gasteiger partial charge in [0.2, 0.25) is 5.95 Å². The lowest BCUT2D eigenvalue weighted by molar-refractivity contribution is -0.0441. The van der Waals surface area contributed by atoms with E-state index < -0.39 is 12.3 Å². The van der Waals surface area contributed by atoms with E-state index >= 15 is 0 Å². The SMILES string of the molecule is Cc1cc(C2OCCO2)ccc1-c1cnc(NCc2c(F)ccc3c2CCO3)n2cc(C(=O)O)nc12. The molecule has 184 valence electrons.